The largest absolute Gasteiger partial charge is 0.358 e. The Morgan fingerprint density at radius 1 is 1.41 bits per heavy atom. The number of benzene rings is 1. The molecule has 0 aliphatic carbocycles. The number of nitrogens with zero attached hydrogens (tertiary/aromatic N) is 2. The molecule has 22 heavy (non-hydrogen) atoms. The molecular formula is C14H16FN3O3S. The number of nitrogens with one attached hydrogen (secondary N) is 1. The van der Waals surface area contributed by atoms with Gasteiger partial charge in [0.25, 0.3) is 0 Å². The Balaban J connectivity index is 2.21. The number of hydrogen-bond acceptors (Lipinski definition) is 4. The summed E-state index contributed by atoms with van der Waals surface area (Å²) in [6.07, 6.45) is 1.55. The second-order valence-electron chi connectivity index (χ2n) is 4.80. The van der Waals surface area contributed by atoms with Gasteiger partial charge in [0.05, 0.1) is 17.1 Å². The first-order valence-electron chi connectivity index (χ1n) is 6.57. The maximum atomic E-state index is 13.2. The summed E-state index contributed by atoms with van der Waals surface area (Å²) in [5.41, 5.74) is 0.781. The minimum Gasteiger partial charge on any atom is -0.358 e. The number of carbonyl (C=O) groups is 1. The summed E-state index contributed by atoms with van der Waals surface area (Å²) in [6.45, 7) is 1.33. The van der Waals surface area contributed by atoms with E-state index in [0.29, 0.717) is 11.4 Å². The average molecular weight is 325 g/mol. The zero-order valence-electron chi connectivity index (χ0n) is 12.2. The molecule has 6 nitrogen and oxygen atoms in total. The smallest absolute Gasteiger partial charge is 0.237 e. The van der Waals surface area contributed by atoms with Gasteiger partial charge < -0.3 is 5.32 Å². The van der Waals surface area contributed by atoms with Crippen molar-refractivity contribution in [2.75, 3.05) is 7.05 Å². The normalized spacial score (nSPS) is 12.9. The lowest BCUT2D eigenvalue weighted by atomic mass is 10.3. The van der Waals surface area contributed by atoms with E-state index in [1.165, 1.54) is 42.9 Å². The molecule has 118 valence electrons. The minimum absolute atomic E-state index is 0.292. The van der Waals surface area contributed by atoms with Crippen molar-refractivity contribution in [3.05, 3.63) is 48.0 Å². The molecule has 1 unspecified atom stereocenters. The molecule has 1 atom stereocenters. The van der Waals surface area contributed by atoms with Crippen LogP contribution in [0.15, 0.2) is 36.5 Å². The monoisotopic (exact) mass is 325 g/mol. The number of aromatic nitrogens is 2. The van der Waals surface area contributed by atoms with Crippen molar-refractivity contribution in [1.82, 2.24) is 15.1 Å². The van der Waals surface area contributed by atoms with E-state index in [2.05, 4.69) is 10.4 Å². The molecule has 1 aromatic heterocycles. The van der Waals surface area contributed by atoms with Crippen LogP contribution in [0.1, 0.15) is 12.6 Å². The first kappa shape index (κ1) is 16.2. The van der Waals surface area contributed by atoms with Crippen LogP contribution in [-0.2, 0) is 20.4 Å². The summed E-state index contributed by atoms with van der Waals surface area (Å²) in [4.78, 5) is 11.5. The lowest BCUT2D eigenvalue weighted by Gasteiger charge is -2.10. The zero-order chi connectivity index (χ0) is 16.3. The third-order valence-electron chi connectivity index (χ3n) is 3.22. The molecule has 0 aliphatic heterocycles. The van der Waals surface area contributed by atoms with E-state index in [1.54, 1.807) is 12.3 Å². The van der Waals surface area contributed by atoms with Gasteiger partial charge in [0.15, 0.2) is 9.84 Å². The van der Waals surface area contributed by atoms with Gasteiger partial charge in [0.1, 0.15) is 11.1 Å². The molecule has 1 heterocycles. The molecule has 0 bridgehead atoms. The summed E-state index contributed by atoms with van der Waals surface area (Å²) in [7, 11) is -2.28. The highest BCUT2D eigenvalue weighted by Gasteiger charge is 2.28. The number of amides is 1. The summed E-state index contributed by atoms with van der Waals surface area (Å²) < 4.78 is 38.8. The molecular weight excluding hydrogens is 309 g/mol. The third kappa shape index (κ3) is 3.51. The van der Waals surface area contributed by atoms with Crippen molar-refractivity contribution >= 4 is 15.7 Å². The van der Waals surface area contributed by atoms with Crippen molar-refractivity contribution in [3.8, 4) is 5.69 Å². The second kappa shape index (κ2) is 6.27. The van der Waals surface area contributed by atoms with Crippen molar-refractivity contribution in [1.29, 1.82) is 0 Å². The molecule has 1 amide bonds. The van der Waals surface area contributed by atoms with Crippen molar-refractivity contribution < 1.29 is 17.6 Å². The fourth-order valence-corrected chi connectivity index (χ4v) is 3.16. The minimum atomic E-state index is -3.66. The van der Waals surface area contributed by atoms with Crippen LogP contribution in [0.3, 0.4) is 0 Å². The van der Waals surface area contributed by atoms with Crippen LogP contribution in [0.25, 0.3) is 5.69 Å². The quantitative estimate of drug-likeness (QED) is 0.891. The number of sulfone groups is 1. The molecule has 0 radical (unpaired) electrons. The van der Waals surface area contributed by atoms with Gasteiger partial charge in [-0.3, -0.25) is 4.79 Å². The molecule has 8 heteroatoms. The Labute approximate surface area is 127 Å². The maximum Gasteiger partial charge on any atom is 0.237 e. The van der Waals surface area contributed by atoms with E-state index in [-0.39, 0.29) is 5.75 Å². The molecule has 0 aliphatic rings. The van der Waals surface area contributed by atoms with Gasteiger partial charge in [-0.15, -0.1) is 0 Å². The Morgan fingerprint density at radius 2 is 2.14 bits per heavy atom. The first-order chi connectivity index (χ1) is 10.3. The van der Waals surface area contributed by atoms with Crippen LogP contribution in [-0.4, -0.2) is 36.4 Å². The lowest BCUT2D eigenvalue weighted by molar-refractivity contribution is -0.119. The fourth-order valence-electron chi connectivity index (χ4n) is 1.90. The fraction of sp³-hybridized carbons (Fsp3) is 0.286. The predicted molar refractivity (Wildman–Crippen MR) is 79.7 cm³/mol. The standard InChI is InChI=1S/C14H16FN3O3S/c1-10(14(19)16-2)22(20,21)9-12-6-7-18(17-12)13-5-3-4-11(15)8-13/h3-8,10H,9H2,1-2H3,(H,16,19). The highest BCUT2D eigenvalue weighted by atomic mass is 32.2. The molecule has 0 spiro atoms. The summed E-state index contributed by atoms with van der Waals surface area (Å²) in [6, 6.07) is 7.32. The summed E-state index contributed by atoms with van der Waals surface area (Å²) >= 11 is 0. The van der Waals surface area contributed by atoms with Gasteiger partial charge >= 0.3 is 0 Å². The Hall–Kier alpha value is -2.22. The molecule has 2 aromatic rings. The van der Waals surface area contributed by atoms with Gasteiger partial charge in [-0.2, -0.15) is 5.10 Å². The molecule has 1 N–H and O–H groups in total. The van der Waals surface area contributed by atoms with Crippen LogP contribution in [0, 0.1) is 5.82 Å². The van der Waals surface area contributed by atoms with Crippen molar-refractivity contribution in [2.45, 2.75) is 17.9 Å². The maximum absolute atomic E-state index is 13.2. The van der Waals surface area contributed by atoms with Crippen LogP contribution in [0.2, 0.25) is 0 Å². The van der Waals surface area contributed by atoms with E-state index >= 15 is 0 Å². The number of rotatable bonds is 5. The SMILES string of the molecule is CNC(=O)C(C)S(=O)(=O)Cc1ccn(-c2cccc(F)c2)n1. The Morgan fingerprint density at radius 3 is 2.77 bits per heavy atom. The van der Waals surface area contributed by atoms with Crippen molar-refractivity contribution in [2.24, 2.45) is 0 Å². The second-order valence-corrected chi connectivity index (χ2v) is 7.12. The van der Waals surface area contributed by atoms with E-state index < -0.39 is 26.8 Å². The van der Waals surface area contributed by atoms with Crippen molar-refractivity contribution in [3.63, 3.8) is 0 Å². The predicted octanol–water partition coefficient (Wildman–Crippen LogP) is 1.06. The van der Waals surface area contributed by atoms with Gasteiger partial charge in [0, 0.05) is 13.2 Å². The topological polar surface area (TPSA) is 81.1 Å². The summed E-state index contributed by atoms with van der Waals surface area (Å²) in [5, 5.41) is 5.27. The molecule has 1 aromatic carbocycles. The molecule has 2 rings (SSSR count). The van der Waals surface area contributed by atoms with E-state index in [1.807, 2.05) is 0 Å². The van der Waals surface area contributed by atoms with E-state index in [9.17, 15) is 17.6 Å². The summed E-state index contributed by atoms with van der Waals surface area (Å²) in [5.74, 6) is -1.33. The molecule has 0 saturated carbocycles. The van der Waals surface area contributed by atoms with Crippen LogP contribution < -0.4 is 5.32 Å². The number of carbonyl (C=O) groups excluding carboxylic acids is 1. The third-order valence-corrected chi connectivity index (χ3v) is 5.21. The number of halogens is 1. The van der Waals surface area contributed by atoms with Gasteiger partial charge in [-0.1, -0.05) is 6.07 Å². The number of hydrogen-bond donors (Lipinski definition) is 1. The zero-order valence-corrected chi connectivity index (χ0v) is 13.0. The average Bonchev–Trinajstić information content (AvgIpc) is 2.93. The van der Waals surface area contributed by atoms with Gasteiger partial charge in [-0.25, -0.2) is 17.5 Å². The van der Waals surface area contributed by atoms with E-state index in [0.717, 1.165) is 0 Å². The van der Waals surface area contributed by atoms with Gasteiger partial charge in [-0.05, 0) is 31.2 Å². The molecule has 0 saturated heterocycles. The van der Waals surface area contributed by atoms with Crippen LogP contribution in [0.4, 0.5) is 4.39 Å². The Kier molecular flexibility index (Phi) is 4.60. The van der Waals surface area contributed by atoms with Gasteiger partial charge in [0.2, 0.25) is 5.91 Å². The first-order valence-corrected chi connectivity index (χ1v) is 8.28. The molecule has 0 fully saturated rings. The lowest BCUT2D eigenvalue weighted by Crippen LogP contribution is -2.36. The van der Waals surface area contributed by atoms with Crippen LogP contribution >= 0.6 is 0 Å². The Bertz CT molecular complexity index is 786. The van der Waals surface area contributed by atoms with Crippen LogP contribution in [0.5, 0.6) is 0 Å². The highest BCUT2D eigenvalue weighted by molar-refractivity contribution is 7.92. The van der Waals surface area contributed by atoms with E-state index in [4.69, 9.17) is 0 Å². The highest BCUT2D eigenvalue weighted by Crippen LogP contribution is 2.13.